The Balaban J connectivity index is 2.09. The van der Waals surface area contributed by atoms with Crippen molar-refractivity contribution in [3.05, 3.63) is 0 Å². The van der Waals surface area contributed by atoms with Crippen LogP contribution in [0.15, 0.2) is 0 Å². The van der Waals surface area contributed by atoms with E-state index in [2.05, 4.69) is 6.92 Å². The summed E-state index contributed by atoms with van der Waals surface area (Å²) in [5, 5.41) is 9.13. The molecule has 2 atom stereocenters. The van der Waals surface area contributed by atoms with E-state index in [9.17, 15) is 9.59 Å². The Kier molecular flexibility index (Phi) is 3.64. The van der Waals surface area contributed by atoms with E-state index in [4.69, 9.17) is 5.11 Å². The monoisotopic (exact) mass is 253 g/mol. The molecule has 2 aliphatic rings. The number of hydrogen-bond donors (Lipinski definition) is 1. The minimum atomic E-state index is -0.769. The first-order chi connectivity index (χ1) is 8.50. The van der Waals surface area contributed by atoms with E-state index in [1.807, 2.05) is 6.92 Å². The molecule has 4 nitrogen and oxygen atoms in total. The van der Waals surface area contributed by atoms with Gasteiger partial charge in [0.05, 0.1) is 5.92 Å². The molecule has 1 amide bonds. The number of carboxylic acids is 1. The standard InChI is InChI=1S/C14H23NO3/c1-3-14(6-4-5-7-14)13(18)15-8-10(2)11(9-15)12(16)17/h10-11H,3-9H2,1-2H3,(H,16,17)/t10-,11-/m1/s1. The van der Waals surface area contributed by atoms with Gasteiger partial charge in [-0.1, -0.05) is 26.7 Å². The van der Waals surface area contributed by atoms with Crippen molar-refractivity contribution in [2.45, 2.75) is 46.0 Å². The van der Waals surface area contributed by atoms with Gasteiger partial charge in [0.2, 0.25) is 5.91 Å². The van der Waals surface area contributed by atoms with Crippen LogP contribution in [-0.4, -0.2) is 35.0 Å². The molecule has 1 aliphatic carbocycles. The average Bonchev–Trinajstić information content (AvgIpc) is 2.95. The number of carboxylic acid groups (broad SMARTS) is 1. The predicted octanol–water partition coefficient (Wildman–Crippen LogP) is 2.14. The van der Waals surface area contributed by atoms with Crippen LogP contribution in [0.2, 0.25) is 0 Å². The smallest absolute Gasteiger partial charge is 0.308 e. The van der Waals surface area contributed by atoms with E-state index >= 15 is 0 Å². The van der Waals surface area contributed by atoms with Crippen LogP contribution in [0.3, 0.4) is 0 Å². The van der Waals surface area contributed by atoms with Crippen LogP contribution in [0, 0.1) is 17.3 Å². The molecule has 18 heavy (non-hydrogen) atoms. The van der Waals surface area contributed by atoms with Crippen molar-refractivity contribution >= 4 is 11.9 Å². The van der Waals surface area contributed by atoms with Crippen molar-refractivity contribution in [3.63, 3.8) is 0 Å². The van der Waals surface area contributed by atoms with E-state index in [0.29, 0.717) is 13.1 Å². The second kappa shape index (κ2) is 4.90. The Morgan fingerprint density at radius 3 is 2.33 bits per heavy atom. The molecule has 0 spiro atoms. The molecule has 2 rings (SSSR count). The topological polar surface area (TPSA) is 57.6 Å². The minimum absolute atomic E-state index is 0.0711. The molecule has 0 unspecified atom stereocenters. The van der Waals surface area contributed by atoms with Gasteiger partial charge in [0.25, 0.3) is 0 Å². The van der Waals surface area contributed by atoms with Gasteiger partial charge in [-0.2, -0.15) is 0 Å². The lowest BCUT2D eigenvalue weighted by Crippen LogP contribution is -2.41. The molecule has 1 N–H and O–H groups in total. The third kappa shape index (κ3) is 2.13. The zero-order chi connectivity index (χ0) is 13.3. The maximum Gasteiger partial charge on any atom is 0.308 e. The third-order valence-electron chi connectivity index (χ3n) is 4.91. The molecule has 1 saturated heterocycles. The first-order valence-electron chi connectivity index (χ1n) is 7.02. The third-order valence-corrected chi connectivity index (χ3v) is 4.91. The minimum Gasteiger partial charge on any atom is -0.481 e. The SMILES string of the molecule is CCC1(C(=O)N2C[C@@H](C)[C@H](C(=O)O)C2)CCCC1. The molecule has 0 aromatic carbocycles. The molecule has 0 aromatic rings. The van der Waals surface area contributed by atoms with Crippen LogP contribution < -0.4 is 0 Å². The van der Waals surface area contributed by atoms with E-state index in [1.54, 1.807) is 4.90 Å². The number of carbonyl (C=O) groups excluding carboxylic acids is 1. The number of amides is 1. The Morgan fingerprint density at radius 1 is 1.28 bits per heavy atom. The molecule has 0 aromatic heterocycles. The summed E-state index contributed by atoms with van der Waals surface area (Å²) in [4.78, 5) is 25.6. The summed E-state index contributed by atoms with van der Waals surface area (Å²) in [6, 6.07) is 0. The lowest BCUT2D eigenvalue weighted by Gasteiger charge is -2.31. The van der Waals surface area contributed by atoms with E-state index in [1.165, 1.54) is 0 Å². The zero-order valence-electron chi connectivity index (χ0n) is 11.3. The number of likely N-dealkylation sites (tertiary alicyclic amines) is 1. The summed E-state index contributed by atoms with van der Waals surface area (Å²) in [5.41, 5.74) is -0.187. The lowest BCUT2D eigenvalue weighted by atomic mass is 9.82. The number of aliphatic carboxylic acids is 1. The van der Waals surface area contributed by atoms with Gasteiger partial charge in [0, 0.05) is 18.5 Å². The Morgan fingerprint density at radius 2 is 1.89 bits per heavy atom. The van der Waals surface area contributed by atoms with E-state index in [0.717, 1.165) is 32.1 Å². The van der Waals surface area contributed by atoms with Crippen molar-refractivity contribution in [2.24, 2.45) is 17.3 Å². The fraction of sp³-hybridized carbons (Fsp3) is 0.857. The Hall–Kier alpha value is -1.06. The molecular formula is C14H23NO3. The molecular weight excluding hydrogens is 230 g/mol. The highest BCUT2D eigenvalue weighted by molar-refractivity contribution is 5.84. The Labute approximate surface area is 108 Å². The first kappa shape index (κ1) is 13.4. The second-order valence-corrected chi connectivity index (χ2v) is 5.97. The fourth-order valence-corrected chi connectivity index (χ4v) is 3.56. The fourth-order valence-electron chi connectivity index (χ4n) is 3.56. The van der Waals surface area contributed by atoms with E-state index < -0.39 is 5.97 Å². The van der Waals surface area contributed by atoms with Gasteiger partial charge in [0.1, 0.15) is 0 Å². The normalized spacial score (nSPS) is 30.7. The van der Waals surface area contributed by atoms with Gasteiger partial charge in [-0.25, -0.2) is 0 Å². The molecule has 1 saturated carbocycles. The van der Waals surface area contributed by atoms with Crippen molar-refractivity contribution < 1.29 is 14.7 Å². The van der Waals surface area contributed by atoms with Gasteiger partial charge in [-0.05, 0) is 25.2 Å². The number of hydrogen-bond acceptors (Lipinski definition) is 2. The van der Waals surface area contributed by atoms with Crippen LogP contribution in [0.1, 0.15) is 46.0 Å². The zero-order valence-corrected chi connectivity index (χ0v) is 11.3. The molecule has 1 heterocycles. The number of rotatable bonds is 3. The maximum atomic E-state index is 12.6. The lowest BCUT2D eigenvalue weighted by molar-refractivity contribution is -0.143. The Bertz CT molecular complexity index is 347. The highest BCUT2D eigenvalue weighted by Gasteiger charge is 2.46. The highest BCUT2D eigenvalue weighted by atomic mass is 16.4. The van der Waals surface area contributed by atoms with Crippen molar-refractivity contribution in [1.29, 1.82) is 0 Å². The quantitative estimate of drug-likeness (QED) is 0.838. The van der Waals surface area contributed by atoms with Crippen LogP contribution in [0.25, 0.3) is 0 Å². The van der Waals surface area contributed by atoms with E-state index in [-0.39, 0.29) is 23.2 Å². The van der Waals surface area contributed by atoms with Crippen LogP contribution >= 0.6 is 0 Å². The number of nitrogens with zero attached hydrogens (tertiary/aromatic N) is 1. The van der Waals surface area contributed by atoms with Gasteiger partial charge < -0.3 is 10.0 Å². The van der Waals surface area contributed by atoms with Crippen molar-refractivity contribution in [2.75, 3.05) is 13.1 Å². The van der Waals surface area contributed by atoms with Crippen LogP contribution in [0.5, 0.6) is 0 Å². The predicted molar refractivity (Wildman–Crippen MR) is 68.1 cm³/mol. The van der Waals surface area contributed by atoms with Crippen molar-refractivity contribution in [1.82, 2.24) is 4.90 Å². The first-order valence-corrected chi connectivity index (χ1v) is 7.02. The molecule has 4 heteroatoms. The number of carbonyl (C=O) groups is 2. The van der Waals surface area contributed by atoms with Gasteiger partial charge in [-0.15, -0.1) is 0 Å². The average molecular weight is 253 g/mol. The summed E-state index contributed by atoms with van der Waals surface area (Å²) in [5.74, 6) is -0.876. The van der Waals surface area contributed by atoms with Crippen LogP contribution in [0.4, 0.5) is 0 Å². The van der Waals surface area contributed by atoms with Gasteiger partial charge in [0.15, 0.2) is 0 Å². The maximum absolute atomic E-state index is 12.6. The second-order valence-electron chi connectivity index (χ2n) is 5.97. The summed E-state index contributed by atoms with van der Waals surface area (Å²) in [6.07, 6.45) is 5.10. The largest absolute Gasteiger partial charge is 0.481 e. The highest BCUT2D eigenvalue weighted by Crippen LogP contribution is 2.43. The molecule has 102 valence electrons. The molecule has 0 radical (unpaired) electrons. The van der Waals surface area contributed by atoms with Crippen LogP contribution in [-0.2, 0) is 9.59 Å². The molecule has 1 aliphatic heterocycles. The van der Waals surface area contributed by atoms with Crippen molar-refractivity contribution in [3.8, 4) is 0 Å². The molecule has 2 fully saturated rings. The van der Waals surface area contributed by atoms with Gasteiger partial charge >= 0.3 is 5.97 Å². The molecule has 0 bridgehead atoms. The summed E-state index contributed by atoms with van der Waals surface area (Å²) < 4.78 is 0. The summed E-state index contributed by atoms with van der Waals surface area (Å²) >= 11 is 0. The summed E-state index contributed by atoms with van der Waals surface area (Å²) in [7, 11) is 0. The summed E-state index contributed by atoms with van der Waals surface area (Å²) in [6.45, 7) is 5.02. The van der Waals surface area contributed by atoms with Gasteiger partial charge in [-0.3, -0.25) is 9.59 Å².